The van der Waals surface area contributed by atoms with Gasteiger partial charge < -0.3 is 9.47 Å². The Morgan fingerprint density at radius 1 is 1.00 bits per heavy atom. The van der Waals surface area contributed by atoms with Gasteiger partial charge in [0.15, 0.2) is 0 Å². The molecule has 0 unspecified atom stereocenters. The first kappa shape index (κ1) is 16.1. The topological polar surface area (TPSA) is 83.1 Å². The summed E-state index contributed by atoms with van der Waals surface area (Å²) >= 11 is 0. The van der Waals surface area contributed by atoms with Gasteiger partial charge in [-0.3, -0.25) is 4.79 Å². The third kappa shape index (κ3) is 3.87. The van der Waals surface area contributed by atoms with E-state index in [2.05, 4.69) is 6.07 Å². The Balaban J connectivity index is 2.33. The fourth-order valence-corrected chi connectivity index (χ4v) is 2.14. The van der Waals surface area contributed by atoms with Gasteiger partial charge in [-0.25, -0.2) is 0 Å². The Kier molecular flexibility index (Phi) is 5.33. The van der Waals surface area contributed by atoms with Crippen molar-refractivity contribution in [1.29, 1.82) is 10.5 Å². The molecule has 0 fully saturated rings. The molecule has 0 bridgehead atoms. The lowest BCUT2D eigenvalue weighted by molar-refractivity contribution is -0.141. The fourth-order valence-electron chi connectivity index (χ4n) is 2.14. The Morgan fingerprint density at radius 3 is 2.43 bits per heavy atom. The van der Waals surface area contributed by atoms with Crippen LogP contribution < -0.4 is 4.74 Å². The van der Waals surface area contributed by atoms with E-state index in [1.54, 1.807) is 24.3 Å². The Bertz CT molecular complexity index is 801. The molecule has 0 saturated heterocycles. The Labute approximate surface area is 134 Å². The molecule has 2 aromatic carbocycles. The number of para-hydroxylation sites is 1. The largest absolute Gasteiger partial charge is 0.489 e. The molecule has 0 aliphatic rings. The standard InChI is InChI=1S/C18H14N2O3/c1-13(21)22-9-10-23-18-8-3-2-6-16(18)15-7-4-5-14(11-19)17(15)12-20/h2-8H,9-10H2,1H3. The summed E-state index contributed by atoms with van der Waals surface area (Å²) in [6, 6.07) is 16.4. The predicted molar refractivity (Wildman–Crippen MR) is 83.4 cm³/mol. The molecular formula is C18H14N2O3. The molecule has 114 valence electrons. The fraction of sp³-hybridized carbons (Fsp3) is 0.167. The van der Waals surface area contributed by atoms with Crippen molar-refractivity contribution in [2.45, 2.75) is 6.92 Å². The third-order valence-electron chi connectivity index (χ3n) is 3.12. The van der Waals surface area contributed by atoms with E-state index >= 15 is 0 Å². The maximum atomic E-state index is 10.8. The highest BCUT2D eigenvalue weighted by molar-refractivity contribution is 5.78. The number of carbonyl (C=O) groups is 1. The first-order chi connectivity index (χ1) is 11.2. The number of benzene rings is 2. The normalized spacial score (nSPS) is 9.52. The smallest absolute Gasteiger partial charge is 0.302 e. The molecule has 23 heavy (non-hydrogen) atoms. The summed E-state index contributed by atoms with van der Waals surface area (Å²) in [5, 5.41) is 18.5. The summed E-state index contributed by atoms with van der Waals surface area (Å²) in [5.74, 6) is 0.196. The van der Waals surface area contributed by atoms with E-state index in [-0.39, 0.29) is 19.2 Å². The minimum Gasteiger partial charge on any atom is -0.489 e. The summed E-state index contributed by atoms with van der Waals surface area (Å²) in [5.41, 5.74) is 1.98. The summed E-state index contributed by atoms with van der Waals surface area (Å²) in [4.78, 5) is 10.8. The molecule has 0 aromatic heterocycles. The van der Waals surface area contributed by atoms with Crippen LogP contribution in [0.2, 0.25) is 0 Å². The van der Waals surface area contributed by atoms with Crippen molar-refractivity contribution in [2.75, 3.05) is 13.2 Å². The van der Waals surface area contributed by atoms with E-state index in [1.807, 2.05) is 24.3 Å². The lowest BCUT2D eigenvalue weighted by Crippen LogP contribution is -2.10. The molecule has 0 radical (unpaired) electrons. The second kappa shape index (κ2) is 7.63. The maximum Gasteiger partial charge on any atom is 0.302 e. The van der Waals surface area contributed by atoms with Gasteiger partial charge in [0.1, 0.15) is 31.1 Å². The van der Waals surface area contributed by atoms with Gasteiger partial charge in [0.2, 0.25) is 0 Å². The SMILES string of the molecule is CC(=O)OCCOc1ccccc1-c1cccc(C#N)c1C#N. The second-order valence-electron chi connectivity index (χ2n) is 4.64. The van der Waals surface area contributed by atoms with Gasteiger partial charge in [-0.15, -0.1) is 0 Å². The molecule has 0 aliphatic heterocycles. The molecular weight excluding hydrogens is 292 g/mol. The first-order valence-corrected chi connectivity index (χ1v) is 6.96. The monoisotopic (exact) mass is 306 g/mol. The van der Waals surface area contributed by atoms with Gasteiger partial charge in [-0.1, -0.05) is 30.3 Å². The zero-order valence-corrected chi connectivity index (χ0v) is 12.6. The number of hydrogen-bond donors (Lipinski definition) is 0. The highest BCUT2D eigenvalue weighted by Crippen LogP contribution is 2.33. The van der Waals surface area contributed by atoms with Crippen LogP contribution in [0.4, 0.5) is 0 Å². The van der Waals surface area contributed by atoms with Crippen molar-refractivity contribution in [2.24, 2.45) is 0 Å². The highest BCUT2D eigenvalue weighted by Gasteiger charge is 2.13. The van der Waals surface area contributed by atoms with E-state index in [0.717, 1.165) is 0 Å². The van der Waals surface area contributed by atoms with Crippen LogP contribution in [-0.2, 0) is 9.53 Å². The molecule has 0 atom stereocenters. The lowest BCUT2D eigenvalue weighted by atomic mass is 9.96. The number of ether oxygens (including phenoxy) is 2. The van der Waals surface area contributed by atoms with Crippen molar-refractivity contribution in [1.82, 2.24) is 0 Å². The molecule has 2 aromatic rings. The maximum absolute atomic E-state index is 10.8. The van der Waals surface area contributed by atoms with Crippen molar-refractivity contribution < 1.29 is 14.3 Å². The summed E-state index contributed by atoms with van der Waals surface area (Å²) in [6.07, 6.45) is 0. The minimum atomic E-state index is -0.365. The van der Waals surface area contributed by atoms with Crippen LogP contribution in [0.5, 0.6) is 5.75 Å². The van der Waals surface area contributed by atoms with E-state index in [9.17, 15) is 10.1 Å². The first-order valence-electron chi connectivity index (χ1n) is 6.96. The molecule has 0 aliphatic carbocycles. The van der Waals surface area contributed by atoms with Crippen LogP contribution in [0, 0.1) is 22.7 Å². The van der Waals surface area contributed by atoms with Gasteiger partial charge in [0.25, 0.3) is 0 Å². The Hall–Kier alpha value is -3.31. The molecule has 5 nitrogen and oxygen atoms in total. The summed E-state index contributed by atoms with van der Waals surface area (Å²) in [6.45, 7) is 1.68. The molecule has 0 spiro atoms. The molecule has 5 heteroatoms. The van der Waals surface area contributed by atoms with Crippen LogP contribution in [0.3, 0.4) is 0 Å². The number of hydrogen-bond acceptors (Lipinski definition) is 5. The van der Waals surface area contributed by atoms with E-state index in [0.29, 0.717) is 28.0 Å². The van der Waals surface area contributed by atoms with Crippen molar-refractivity contribution >= 4 is 5.97 Å². The van der Waals surface area contributed by atoms with Crippen LogP contribution in [0.15, 0.2) is 42.5 Å². The predicted octanol–water partition coefficient (Wildman–Crippen LogP) is 3.04. The van der Waals surface area contributed by atoms with Crippen LogP contribution in [0.25, 0.3) is 11.1 Å². The number of carbonyl (C=O) groups excluding carboxylic acids is 1. The Morgan fingerprint density at radius 2 is 1.74 bits per heavy atom. The van der Waals surface area contributed by atoms with Gasteiger partial charge >= 0.3 is 5.97 Å². The van der Waals surface area contributed by atoms with Crippen molar-refractivity contribution in [3.05, 3.63) is 53.6 Å². The second-order valence-corrected chi connectivity index (χ2v) is 4.64. The van der Waals surface area contributed by atoms with Crippen LogP contribution in [-0.4, -0.2) is 19.2 Å². The van der Waals surface area contributed by atoms with Crippen LogP contribution in [0.1, 0.15) is 18.1 Å². The van der Waals surface area contributed by atoms with E-state index < -0.39 is 0 Å². The third-order valence-corrected chi connectivity index (χ3v) is 3.12. The van der Waals surface area contributed by atoms with Crippen molar-refractivity contribution in [3.63, 3.8) is 0 Å². The summed E-state index contributed by atoms with van der Waals surface area (Å²) in [7, 11) is 0. The lowest BCUT2D eigenvalue weighted by Gasteiger charge is -2.13. The average molecular weight is 306 g/mol. The quantitative estimate of drug-likeness (QED) is 0.626. The molecule has 0 heterocycles. The average Bonchev–Trinajstić information content (AvgIpc) is 2.58. The van der Waals surface area contributed by atoms with Gasteiger partial charge in [0.05, 0.1) is 11.1 Å². The highest BCUT2D eigenvalue weighted by atomic mass is 16.6. The minimum absolute atomic E-state index is 0.146. The molecule has 2 rings (SSSR count). The molecule has 0 N–H and O–H groups in total. The zero-order chi connectivity index (χ0) is 16.7. The van der Waals surface area contributed by atoms with Gasteiger partial charge in [0, 0.05) is 18.1 Å². The van der Waals surface area contributed by atoms with Crippen LogP contribution >= 0.6 is 0 Å². The van der Waals surface area contributed by atoms with E-state index in [1.165, 1.54) is 6.92 Å². The number of nitrogens with zero attached hydrogens (tertiary/aromatic N) is 2. The van der Waals surface area contributed by atoms with Crippen molar-refractivity contribution in [3.8, 4) is 29.0 Å². The number of esters is 1. The summed E-state index contributed by atoms with van der Waals surface area (Å²) < 4.78 is 10.5. The zero-order valence-electron chi connectivity index (χ0n) is 12.6. The number of nitriles is 2. The van der Waals surface area contributed by atoms with Gasteiger partial charge in [-0.2, -0.15) is 10.5 Å². The molecule has 0 saturated carbocycles. The van der Waals surface area contributed by atoms with Gasteiger partial charge in [-0.05, 0) is 12.1 Å². The molecule has 0 amide bonds. The van der Waals surface area contributed by atoms with E-state index in [4.69, 9.17) is 14.7 Å². The number of rotatable bonds is 5.